The molecule has 3 aliphatic rings. The zero-order valence-corrected chi connectivity index (χ0v) is 14.2. The van der Waals surface area contributed by atoms with Crippen molar-refractivity contribution in [3.8, 4) is 0 Å². The molecule has 0 unspecified atom stereocenters. The summed E-state index contributed by atoms with van der Waals surface area (Å²) in [5, 5.41) is 1.46. The number of benzene rings is 1. The first-order chi connectivity index (χ1) is 11.3. The molecule has 0 saturated carbocycles. The van der Waals surface area contributed by atoms with Crippen molar-refractivity contribution in [2.45, 2.75) is 51.3 Å². The number of rotatable bonds is 2. The predicted octanol–water partition coefficient (Wildman–Crippen LogP) is 4.28. The Kier molecular flexibility index (Phi) is 2.96. The van der Waals surface area contributed by atoms with Gasteiger partial charge in [-0.3, -0.25) is 4.90 Å². The molecule has 0 N–H and O–H groups in total. The summed E-state index contributed by atoms with van der Waals surface area (Å²) in [5.41, 5.74) is 4.96. The smallest absolute Gasteiger partial charge is 0.134 e. The van der Waals surface area contributed by atoms with E-state index in [9.17, 15) is 0 Å². The number of hydrogen-bond acceptors (Lipinski definition) is 2. The molecule has 0 aliphatic carbocycles. The van der Waals surface area contributed by atoms with Gasteiger partial charge in [0, 0.05) is 31.2 Å². The molecule has 1 aromatic heterocycles. The third kappa shape index (κ3) is 1.67. The maximum absolute atomic E-state index is 6.02. The number of nitrogens with zero attached hydrogens (tertiary/aromatic N) is 2. The van der Waals surface area contributed by atoms with Gasteiger partial charge < -0.3 is 9.30 Å². The highest BCUT2D eigenvalue weighted by Crippen LogP contribution is 2.59. The van der Waals surface area contributed by atoms with Gasteiger partial charge >= 0.3 is 0 Å². The van der Waals surface area contributed by atoms with Gasteiger partial charge in [0.25, 0.3) is 0 Å². The maximum atomic E-state index is 6.02. The van der Waals surface area contributed by atoms with Crippen LogP contribution in [0, 0.1) is 5.41 Å². The molecular formula is C20H26N2O. The average Bonchev–Trinajstić information content (AvgIpc) is 2.95. The third-order valence-electron chi connectivity index (χ3n) is 6.88. The lowest BCUT2D eigenvalue weighted by Crippen LogP contribution is -2.53. The van der Waals surface area contributed by atoms with Crippen LogP contribution in [0.15, 0.2) is 24.3 Å². The monoisotopic (exact) mass is 310 g/mol. The maximum Gasteiger partial charge on any atom is 0.134 e. The van der Waals surface area contributed by atoms with Gasteiger partial charge in [-0.05, 0) is 49.3 Å². The summed E-state index contributed by atoms with van der Waals surface area (Å²) in [6.45, 7) is 4.89. The van der Waals surface area contributed by atoms with Crippen LogP contribution in [0.1, 0.15) is 56.1 Å². The number of para-hydroxylation sites is 1. The normalized spacial score (nSPS) is 33.0. The highest BCUT2D eigenvalue weighted by Gasteiger charge is 2.53. The van der Waals surface area contributed by atoms with Crippen molar-refractivity contribution in [1.82, 2.24) is 9.47 Å². The first-order valence-corrected chi connectivity index (χ1v) is 9.17. The lowest BCUT2D eigenvalue weighted by Gasteiger charge is -2.56. The quantitative estimate of drug-likeness (QED) is 0.824. The molecule has 3 atom stereocenters. The summed E-state index contributed by atoms with van der Waals surface area (Å²) in [4.78, 5) is 2.77. The van der Waals surface area contributed by atoms with Gasteiger partial charge in [0.05, 0.1) is 11.6 Å². The predicted molar refractivity (Wildman–Crippen MR) is 92.6 cm³/mol. The van der Waals surface area contributed by atoms with E-state index in [4.69, 9.17) is 4.74 Å². The number of aromatic nitrogens is 1. The second-order valence-corrected chi connectivity index (χ2v) is 7.65. The Hall–Kier alpha value is -1.32. The van der Waals surface area contributed by atoms with Crippen LogP contribution in [0.5, 0.6) is 0 Å². The van der Waals surface area contributed by atoms with Crippen molar-refractivity contribution in [3.63, 3.8) is 0 Å². The third-order valence-corrected chi connectivity index (χ3v) is 6.88. The highest BCUT2D eigenvalue weighted by molar-refractivity contribution is 5.86. The molecule has 1 saturated heterocycles. The topological polar surface area (TPSA) is 17.4 Å². The first kappa shape index (κ1) is 14.1. The summed E-state index contributed by atoms with van der Waals surface area (Å²) in [6.07, 6.45) is 6.50. The molecule has 4 heterocycles. The molecule has 0 amide bonds. The Morgan fingerprint density at radius 2 is 2.13 bits per heavy atom. The van der Waals surface area contributed by atoms with Crippen LogP contribution in [0.25, 0.3) is 10.9 Å². The fourth-order valence-electron chi connectivity index (χ4n) is 5.82. The van der Waals surface area contributed by atoms with E-state index in [1.807, 2.05) is 7.11 Å². The Morgan fingerprint density at radius 3 is 2.96 bits per heavy atom. The SMILES string of the molecule is CC[C@@]12CCCN3CCc4c(n(c5ccccc45)[C@@H](OC)C1)[C@@H]32. The molecule has 3 heteroatoms. The minimum Gasteiger partial charge on any atom is -0.361 e. The summed E-state index contributed by atoms with van der Waals surface area (Å²) < 4.78 is 8.56. The molecule has 122 valence electrons. The number of methoxy groups -OCH3 is 1. The molecule has 0 spiro atoms. The number of piperidine rings is 1. The minimum atomic E-state index is 0.192. The Bertz CT molecular complexity index is 764. The van der Waals surface area contributed by atoms with E-state index in [0.29, 0.717) is 11.5 Å². The van der Waals surface area contributed by atoms with Crippen molar-refractivity contribution >= 4 is 10.9 Å². The van der Waals surface area contributed by atoms with Gasteiger partial charge in [-0.2, -0.15) is 0 Å². The van der Waals surface area contributed by atoms with Crippen LogP contribution >= 0.6 is 0 Å². The molecule has 1 fully saturated rings. The Labute approximate surface area is 138 Å². The largest absolute Gasteiger partial charge is 0.361 e. The molecule has 3 nitrogen and oxygen atoms in total. The molecule has 23 heavy (non-hydrogen) atoms. The summed E-state index contributed by atoms with van der Waals surface area (Å²) in [6, 6.07) is 9.56. The minimum absolute atomic E-state index is 0.192. The standard InChI is InChI=1S/C20H26N2O/c1-3-20-10-6-11-21-12-9-15-14-7-4-5-8-16(14)22(17(13-20)23-2)18(15)19(20)21/h4-5,7-8,17,19H,3,6,9-13H2,1-2H3/t17-,19+,20+/m0/s1. The fraction of sp³-hybridized carbons (Fsp3) is 0.600. The number of hydrogen-bond donors (Lipinski definition) is 0. The summed E-state index contributed by atoms with van der Waals surface area (Å²) in [5.74, 6) is 0. The van der Waals surface area contributed by atoms with E-state index in [2.05, 4.69) is 40.7 Å². The lowest BCUT2D eigenvalue weighted by atomic mass is 9.64. The van der Waals surface area contributed by atoms with E-state index in [-0.39, 0.29) is 6.23 Å². The van der Waals surface area contributed by atoms with Gasteiger partial charge in [0.15, 0.2) is 0 Å². The zero-order valence-electron chi connectivity index (χ0n) is 14.2. The zero-order chi connectivity index (χ0) is 15.6. The van der Waals surface area contributed by atoms with E-state index >= 15 is 0 Å². The lowest BCUT2D eigenvalue weighted by molar-refractivity contribution is -0.0926. The van der Waals surface area contributed by atoms with Crippen LogP contribution in [0.4, 0.5) is 0 Å². The van der Waals surface area contributed by atoms with E-state index < -0.39 is 0 Å². The second kappa shape index (κ2) is 4.84. The van der Waals surface area contributed by atoms with E-state index in [1.54, 1.807) is 11.3 Å². The molecule has 3 aliphatic heterocycles. The fourth-order valence-corrected chi connectivity index (χ4v) is 5.82. The van der Waals surface area contributed by atoms with Crippen LogP contribution in [-0.4, -0.2) is 29.7 Å². The van der Waals surface area contributed by atoms with Crippen LogP contribution < -0.4 is 0 Å². The van der Waals surface area contributed by atoms with Gasteiger partial charge in [-0.1, -0.05) is 25.1 Å². The molecule has 0 radical (unpaired) electrons. The van der Waals surface area contributed by atoms with Crippen molar-refractivity contribution in [2.24, 2.45) is 5.41 Å². The van der Waals surface area contributed by atoms with Crippen molar-refractivity contribution < 1.29 is 4.74 Å². The highest BCUT2D eigenvalue weighted by atomic mass is 16.5. The number of fused-ring (bicyclic) bond motifs is 3. The summed E-state index contributed by atoms with van der Waals surface area (Å²) in [7, 11) is 1.89. The molecule has 5 rings (SSSR count). The first-order valence-electron chi connectivity index (χ1n) is 9.17. The summed E-state index contributed by atoms with van der Waals surface area (Å²) >= 11 is 0. The van der Waals surface area contributed by atoms with Gasteiger partial charge in [0.1, 0.15) is 6.23 Å². The van der Waals surface area contributed by atoms with E-state index in [1.165, 1.54) is 49.7 Å². The van der Waals surface area contributed by atoms with Gasteiger partial charge in [0.2, 0.25) is 0 Å². The molecule has 0 bridgehead atoms. The molecule has 2 aromatic rings. The number of ether oxygens (including phenoxy) is 1. The van der Waals surface area contributed by atoms with Crippen LogP contribution in [0.2, 0.25) is 0 Å². The Morgan fingerprint density at radius 1 is 1.26 bits per heavy atom. The van der Waals surface area contributed by atoms with Gasteiger partial charge in [-0.15, -0.1) is 0 Å². The van der Waals surface area contributed by atoms with Crippen LogP contribution in [-0.2, 0) is 11.2 Å². The van der Waals surface area contributed by atoms with Crippen molar-refractivity contribution in [2.75, 3.05) is 20.2 Å². The van der Waals surface area contributed by atoms with Crippen molar-refractivity contribution in [3.05, 3.63) is 35.5 Å². The average molecular weight is 310 g/mol. The molecule has 1 aromatic carbocycles. The van der Waals surface area contributed by atoms with Crippen LogP contribution in [0.3, 0.4) is 0 Å². The molecular weight excluding hydrogens is 284 g/mol. The van der Waals surface area contributed by atoms with Gasteiger partial charge in [-0.25, -0.2) is 0 Å². The Balaban J connectivity index is 1.85. The second-order valence-electron chi connectivity index (χ2n) is 7.65. The van der Waals surface area contributed by atoms with Crippen molar-refractivity contribution in [1.29, 1.82) is 0 Å². The van der Waals surface area contributed by atoms with E-state index in [0.717, 1.165) is 6.42 Å².